The molecule has 0 aliphatic carbocycles. The van der Waals surface area contributed by atoms with Crippen LogP contribution in [-0.4, -0.2) is 36.2 Å². The molecule has 0 spiro atoms. The molecule has 1 amide bonds. The number of hydrogen-bond acceptors (Lipinski definition) is 3. The maximum Gasteiger partial charge on any atom is 0.224 e. The average molecular weight is 237 g/mol. The van der Waals surface area contributed by atoms with Gasteiger partial charge < -0.3 is 14.7 Å². The second-order valence-corrected chi connectivity index (χ2v) is 3.80. The van der Waals surface area contributed by atoms with Gasteiger partial charge in [-0.25, -0.2) is 0 Å². The smallest absolute Gasteiger partial charge is 0.224 e. The molecule has 0 radical (unpaired) electrons. The van der Waals surface area contributed by atoms with E-state index in [1.165, 1.54) is 0 Å². The second kappa shape index (κ2) is 6.91. The highest BCUT2D eigenvalue weighted by Gasteiger charge is 2.08. The lowest BCUT2D eigenvalue weighted by molar-refractivity contribution is -0.131. The molecule has 0 heterocycles. The number of ether oxygens (including phenoxy) is 1. The minimum Gasteiger partial charge on any atom is -0.494 e. The number of carbonyl (C=O) groups is 1. The van der Waals surface area contributed by atoms with Gasteiger partial charge in [0.1, 0.15) is 5.75 Å². The number of nitrogens with zero attached hydrogens (tertiary/aromatic N) is 1. The molecule has 4 nitrogen and oxygen atoms in total. The number of aliphatic hydroxyl groups is 1. The topological polar surface area (TPSA) is 49.8 Å². The molecule has 0 saturated heterocycles. The average Bonchev–Trinajstić information content (AvgIpc) is 2.32. The summed E-state index contributed by atoms with van der Waals surface area (Å²) in [6, 6.07) is 7.66. The summed E-state index contributed by atoms with van der Waals surface area (Å²) < 4.78 is 5.34. The van der Waals surface area contributed by atoms with Crippen LogP contribution in [0.4, 0.5) is 0 Å². The molecule has 0 saturated carbocycles. The van der Waals surface area contributed by atoms with E-state index >= 15 is 0 Å². The van der Waals surface area contributed by atoms with Crippen molar-refractivity contribution in [1.29, 1.82) is 0 Å². The van der Waals surface area contributed by atoms with Crippen LogP contribution in [0.2, 0.25) is 0 Å². The lowest BCUT2D eigenvalue weighted by Crippen LogP contribution is -2.26. The van der Waals surface area contributed by atoms with E-state index in [0.717, 1.165) is 11.3 Å². The molecule has 0 aliphatic heterocycles. The standard InChI is InChI=1S/C13H19NO3/c1-3-17-12-6-4-11(5-7-12)10-14(2)13(16)8-9-15/h4-7,15H,3,8-10H2,1-2H3. The van der Waals surface area contributed by atoms with Crippen molar-refractivity contribution >= 4 is 5.91 Å². The Balaban J connectivity index is 2.53. The minimum absolute atomic E-state index is 0.0543. The summed E-state index contributed by atoms with van der Waals surface area (Å²) in [5.74, 6) is 0.780. The first-order valence-electron chi connectivity index (χ1n) is 5.74. The van der Waals surface area contributed by atoms with Crippen molar-refractivity contribution in [3.63, 3.8) is 0 Å². The van der Waals surface area contributed by atoms with Crippen molar-refractivity contribution in [3.8, 4) is 5.75 Å². The number of rotatable bonds is 6. The SMILES string of the molecule is CCOc1ccc(CN(C)C(=O)CCO)cc1. The molecule has 1 aromatic carbocycles. The van der Waals surface area contributed by atoms with E-state index in [1.807, 2.05) is 31.2 Å². The predicted octanol–water partition coefficient (Wildman–Crippen LogP) is 1.43. The van der Waals surface area contributed by atoms with Crippen molar-refractivity contribution in [3.05, 3.63) is 29.8 Å². The third-order valence-corrected chi connectivity index (χ3v) is 2.41. The maximum atomic E-state index is 11.5. The first-order chi connectivity index (χ1) is 8.17. The fourth-order valence-electron chi connectivity index (χ4n) is 1.51. The van der Waals surface area contributed by atoms with E-state index in [4.69, 9.17) is 9.84 Å². The van der Waals surface area contributed by atoms with Crippen LogP contribution in [0.3, 0.4) is 0 Å². The summed E-state index contributed by atoms with van der Waals surface area (Å²) in [4.78, 5) is 13.1. The van der Waals surface area contributed by atoms with Crippen LogP contribution in [-0.2, 0) is 11.3 Å². The Bertz CT molecular complexity index is 348. The summed E-state index contributed by atoms with van der Waals surface area (Å²) in [7, 11) is 1.73. The van der Waals surface area contributed by atoms with Gasteiger partial charge in [0.05, 0.1) is 13.2 Å². The molecule has 0 fully saturated rings. The zero-order chi connectivity index (χ0) is 12.7. The molecule has 94 valence electrons. The van der Waals surface area contributed by atoms with Crippen LogP contribution in [0.5, 0.6) is 5.75 Å². The van der Waals surface area contributed by atoms with Gasteiger partial charge in [0.25, 0.3) is 0 Å². The van der Waals surface area contributed by atoms with Gasteiger partial charge in [-0.3, -0.25) is 4.79 Å². The molecule has 0 atom stereocenters. The normalized spacial score (nSPS) is 10.1. The first-order valence-corrected chi connectivity index (χ1v) is 5.74. The number of hydrogen-bond donors (Lipinski definition) is 1. The van der Waals surface area contributed by atoms with Crippen molar-refractivity contribution in [1.82, 2.24) is 4.90 Å². The Hall–Kier alpha value is -1.55. The highest BCUT2D eigenvalue weighted by molar-refractivity contribution is 5.75. The minimum atomic E-state index is -0.105. The molecule has 1 N–H and O–H groups in total. The van der Waals surface area contributed by atoms with Gasteiger partial charge in [0.2, 0.25) is 5.91 Å². The van der Waals surface area contributed by atoms with Crippen molar-refractivity contribution in [2.24, 2.45) is 0 Å². The third-order valence-electron chi connectivity index (χ3n) is 2.41. The van der Waals surface area contributed by atoms with Crippen LogP contribution >= 0.6 is 0 Å². The first kappa shape index (κ1) is 13.5. The monoisotopic (exact) mass is 237 g/mol. The van der Waals surface area contributed by atoms with Gasteiger partial charge in [0.15, 0.2) is 0 Å². The third kappa shape index (κ3) is 4.44. The fraction of sp³-hybridized carbons (Fsp3) is 0.462. The Morgan fingerprint density at radius 2 is 2.00 bits per heavy atom. The molecule has 0 aromatic heterocycles. The Kier molecular flexibility index (Phi) is 5.49. The second-order valence-electron chi connectivity index (χ2n) is 3.80. The van der Waals surface area contributed by atoms with E-state index in [1.54, 1.807) is 11.9 Å². The summed E-state index contributed by atoms with van der Waals surface area (Å²) in [6.07, 6.45) is 0.174. The Labute approximate surface area is 102 Å². The molecule has 0 aliphatic rings. The highest BCUT2D eigenvalue weighted by Crippen LogP contribution is 2.13. The number of carbonyl (C=O) groups excluding carboxylic acids is 1. The van der Waals surface area contributed by atoms with Crippen LogP contribution < -0.4 is 4.74 Å². The lowest BCUT2D eigenvalue weighted by Gasteiger charge is -2.16. The van der Waals surface area contributed by atoms with Crippen LogP contribution in [0.15, 0.2) is 24.3 Å². The van der Waals surface area contributed by atoms with Gasteiger partial charge in [-0.15, -0.1) is 0 Å². The number of aliphatic hydroxyl groups excluding tert-OH is 1. The maximum absolute atomic E-state index is 11.5. The fourth-order valence-corrected chi connectivity index (χ4v) is 1.51. The Morgan fingerprint density at radius 1 is 1.35 bits per heavy atom. The molecular weight excluding hydrogens is 218 g/mol. The highest BCUT2D eigenvalue weighted by atomic mass is 16.5. The summed E-state index contributed by atoms with van der Waals surface area (Å²) >= 11 is 0. The molecular formula is C13H19NO3. The van der Waals surface area contributed by atoms with Gasteiger partial charge in [-0.1, -0.05) is 12.1 Å². The summed E-state index contributed by atoms with van der Waals surface area (Å²) in [5, 5.41) is 8.68. The molecule has 0 bridgehead atoms. The molecule has 1 rings (SSSR count). The lowest BCUT2D eigenvalue weighted by atomic mass is 10.2. The van der Waals surface area contributed by atoms with Crippen molar-refractivity contribution in [2.45, 2.75) is 19.9 Å². The molecule has 0 unspecified atom stereocenters. The van der Waals surface area contributed by atoms with Crippen molar-refractivity contribution in [2.75, 3.05) is 20.3 Å². The zero-order valence-corrected chi connectivity index (χ0v) is 10.3. The number of amides is 1. The van der Waals surface area contributed by atoms with Gasteiger partial charge in [-0.2, -0.15) is 0 Å². The van der Waals surface area contributed by atoms with Crippen LogP contribution in [0, 0.1) is 0 Å². The van der Waals surface area contributed by atoms with Gasteiger partial charge >= 0.3 is 0 Å². The van der Waals surface area contributed by atoms with Crippen LogP contribution in [0.1, 0.15) is 18.9 Å². The summed E-state index contributed by atoms with van der Waals surface area (Å²) in [6.45, 7) is 3.03. The van der Waals surface area contributed by atoms with E-state index in [-0.39, 0.29) is 18.9 Å². The molecule has 4 heteroatoms. The van der Waals surface area contributed by atoms with Gasteiger partial charge in [-0.05, 0) is 24.6 Å². The van der Waals surface area contributed by atoms with Crippen LogP contribution in [0.25, 0.3) is 0 Å². The van der Waals surface area contributed by atoms with Crippen molar-refractivity contribution < 1.29 is 14.6 Å². The molecule has 17 heavy (non-hydrogen) atoms. The quantitative estimate of drug-likeness (QED) is 0.814. The van der Waals surface area contributed by atoms with E-state index in [2.05, 4.69) is 0 Å². The largest absolute Gasteiger partial charge is 0.494 e. The predicted molar refractivity (Wildman–Crippen MR) is 65.8 cm³/mol. The number of benzene rings is 1. The van der Waals surface area contributed by atoms with E-state index in [0.29, 0.717) is 13.2 Å². The van der Waals surface area contributed by atoms with E-state index in [9.17, 15) is 4.79 Å². The zero-order valence-electron chi connectivity index (χ0n) is 10.3. The van der Waals surface area contributed by atoms with Gasteiger partial charge in [0, 0.05) is 20.0 Å². The summed E-state index contributed by atoms with van der Waals surface area (Å²) in [5.41, 5.74) is 1.04. The van der Waals surface area contributed by atoms with E-state index < -0.39 is 0 Å². The Morgan fingerprint density at radius 3 is 2.53 bits per heavy atom. The molecule has 1 aromatic rings.